The number of rotatable bonds is 5. The third-order valence-corrected chi connectivity index (χ3v) is 3.55. The number of nitrogens with zero attached hydrogens (tertiary/aromatic N) is 1. The molecule has 0 spiro atoms. The first-order chi connectivity index (χ1) is 10.6. The van der Waals surface area contributed by atoms with Gasteiger partial charge in [-0.2, -0.15) is 5.26 Å². The highest BCUT2D eigenvalue weighted by Crippen LogP contribution is 2.18. The number of nitrogens with one attached hydrogen (secondary N) is 2. The molecule has 0 unspecified atom stereocenters. The van der Waals surface area contributed by atoms with Gasteiger partial charge in [0.1, 0.15) is 11.6 Å². The Morgan fingerprint density at radius 1 is 1.32 bits per heavy atom. The summed E-state index contributed by atoms with van der Waals surface area (Å²) in [4.78, 5) is 22.9. The summed E-state index contributed by atoms with van der Waals surface area (Å²) in [6, 6.07) is 8.14. The van der Waals surface area contributed by atoms with Gasteiger partial charge in [-0.15, -0.1) is 0 Å². The Kier molecular flexibility index (Phi) is 5.15. The molecular weight excluding hydrogens is 282 g/mol. The number of hydrogen-bond acceptors (Lipinski definition) is 4. The SMILES string of the molecule is N#C/C(=C/Nc1cccc(C(=O)O)c1)C(=O)NC1CCCC1. The molecule has 114 valence electrons. The van der Waals surface area contributed by atoms with E-state index in [0.29, 0.717) is 5.69 Å². The second kappa shape index (κ2) is 7.27. The Balaban J connectivity index is 2.02. The van der Waals surface area contributed by atoms with Crippen LogP contribution in [0.15, 0.2) is 36.0 Å². The summed E-state index contributed by atoms with van der Waals surface area (Å²) >= 11 is 0. The van der Waals surface area contributed by atoms with Gasteiger partial charge in [-0.3, -0.25) is 4.79 Å². The molecular formula is C16H17N3O3. The van der Waals surface area contributed by atoms with Crippen LogP contribution in [0.2, 0.25) is 0 Å². The lowest BCUT2D eigenvalue weighted by molar-refractivity contribution is -0.117. The minimum Gasteiger partial charge on any atom is -0.478 e. The molecule has 0 bridgehead atoms. The quantitative estimate of drug-likeness (QED) is 0.571. The molecule has 1 aromatic rings. The highest BCUT2D eigenvalue weighted by atomic mass is 16.4. The fraction of sp³-hybridized carbons (Fsp3) is 0.312. The summed E-state index contributed by atoms with van der Waals surface area (Å²) in [7, 11) is 0. The maximum Gasteiger partial charge on any atom is 0.335 e. The second-order valence-electron chi connectivity index (χ2n) is 5.15. The van der Waals surface area contributed by atoms with E-state index < -0.39 is 11.9 Å². The number of carbonyl (C=O) groups is 2. The zero-order valence-electron chi connectivity index (χ0n) is 12.0. The van der Waals surface area contributed by atoms with Gasteiger partial charge >= 0.3 is 5.97 Å². The van der Waals surface area contributed by atoms with E-state index in [1.807, 2.05) is 6.07 Å². The molecule has 1 amide bonds. The third kappa shape index (κ3) is 4.09. The Bertz CT molecular complexity index is 640. The molecule has 0 radical (unpaired) electrons. The first kappa shape index (κ1) is 15.6. The number of nitriles is 1. The lowest BCUT2D eigenvalue weighted by Gasteiger charge is -2.11. The van der Waals surface area contributed by atoms with Crippen LogP contribution in [0.25, 0.3) is 0 Å². The lowest BCUT2D eigenvalue weighted by Crippen LogP contribution is -2.33. The number of benzene rings is 1. The van der Waals surface area contributed by atoms with Crippen molar-refractivity contribution in [2.45, 2.75) is 31.7 Å². The summed E-state index contributed by atoms with van der Waals surface area (Å²) in [5.74, 6) is -1.44. The zero-order valence-corrected chi connectivity index (χ0v) is 12.0. The Labute approximate surface area is 128 Å². The van der Waals surface area contributed by atoms with Crippen molar-refractivity contribution < 1.29 is 14.7 Å². The molecule has 6 nitrogen and oxygen atoms in total. The predicted octanol–water partition coefficient (Wildman–Crippen LogP) is 2.26. The van der Waals surface area contributed by atoms with Crippen LogP contribution in [0.5, 0.6) is 0 Å². The molecule has 22 heavy (non-hydrogen) atoms. The highest BCUT2D eigenvalue weighted by molar-refractivity contribution is 5.97. The number of carboxylic acids is 1. The van der Waals surface area contributed by atoms with Crippen LogP contribution in [0.1, 0.15) is 36.0 Å². The average Bonchev–Trinajstić information content (AvgIpc) is 3.01. The first-order valence-electron chi connectivity index (χ1n) is 7.11. The fourth-order valence-electron chi connectivity index (χ4n) is 2.38. The van der Waals surface area contributed by atoms with Crippen LogP contribution in [-0.2, 0) is 4.79 Å². The number of carbonyl (C=O) groups excluding carboxylic acids is 1. The smallest absolute Gasteiger partial charge is 0.335 e. The number of hydrogen-bond donors (Lipinski definition) is 3. The van der Waals surface area contributed by atoms with E-state index in [0.717, 1.165) is 25.7 Å². The molecule has 1 aliphatic carbocycles. The van der Waals surface area contributed by atoms with Gasteiger partial charge in [0, 0.05) is 17.9 Å². The maximum atomic E-state index is 12.0. The molecule has 2 rings (SSSR count). The van der Waals surface area contributed by atoms with Crippen LogP contribution in [-0.4, -0.2) is 23.0 Å². The zero-order chi connectivity index (χ0) is 15.9. The van der Waals surface area contributed by atoms with Gasteiger partial charge in [-0.05, 0) is 31.0 Å². The van der Waals surface area contributed by atoms with E-state index in [4.69, 9.17) is 10.4 Å². The molecule has 0 atom stereocenters. The van der Waals surface area contributed by atoms with E-state index in [1.54, 1.807) is 12.1 Å². The van der Waals surface area contributed by atoms with Crippen molar-refractivity contribution >= 4 is 17.6 Å². The highest BCUT2D eigenvalue weighted by Gasteiger charge is 2.19. The summed E-state index contributed by atoms with van der Waals surface area (Å²) in [5, 5.41) is 23.6. The normalized spacial score (nSPS) is 15.1. The summed E-state index contributed by atoms with van der Waals surface area (Å²) in [6.45, 7) is 0. The van der Waals surface area contributed by atoms with Crippen LogP contribution < -0.4 is 10.6 Å². The largest absolute Gasteiger partial charge is 0.478 e. The van der Waals surface area contributed by atoms with Crippen molar-refractivity contribution in [1.82, 2.24) is 5.32 Å². The van der Waals surface area contributed by atoms with Crippen molar-refractivity contribution in [3.63, 3.8) is 0 Å². The molecule has 0 aromatic heterocycles. The monoisotopic (exact) mass is 299 g/mol. The van der Waals surface area contributed by atoms with Gasteiger partial charge in [0.25, 0.3) is 5.91 Å². The molecule has 0 saturated heterocycles. The molecule has 1 aromatic carbocycles. The van der Waals surface area contributed by atoms with Crippen LogP contribution in [0, 0.1) is 11.3 Å². The van der Waals surface area contributed by atoms with E-state index in [-0.39, 0.29) is 17.2 Å². The number of aromatic carboxylic acids is 1. The van der Waals surface area contributed by atoms with E-state index >= 15 is 0 Å². The number of anilines is 1. The lowest BCUT2D eigenvalue weighted by atomic mass is 10.2. The van der Waals surface area contributed by atoms with Gasteiger partial charge in [0.2, 0.25) is 0 Å². The summed E-state index contributed by atoms with van der Waals surface area (Å²) < 4.78 is 0. The molecule has 3 N–H and O–H groups in total. The molecule has 6 heteroatoms. The van der Waals surface area contributed by atoms with Crippen molar-refractivity contribution in [3.8, 4) is 6.07 Å². The molecule has 0 heterocycles. The Morgan fingerprint density at radius 2 is 2.05 bits per heavy atom. The van der Waals surface area contributed by atoms with Crippen LogP contribution in [0.4, 0.5) is 5.69 Å². The van der Waals surface area contributed by atoms with Gasteiger partial charge in [0.05, 0.1) is 5.56 Å². The average molecular weight is 299 g/mol. The first-order valence-corrected chi connectivity index (χ1v) is 7.11. The standard InChI is InChI=1S/C16H17N3O3/c17-9-12(15(20)19-13-5-1-2-6-13)10-18-14-7-3-4-11(8-14)16(21)22/h3-4,7-8,10,13,18H,1-2,5-6H2,(H,19,20)(H,21,22)/b12-10-. The third-order valence-electron chi connectivity index (χ3n) is 3.55. The maximum absolute atomic E-state index is 12.0. The number of amides is 1. The van der Waals surface area contributed by atoms with Crippen molar-refractivity contribution in [2.75, 3.05) is 5.32 Å². The molecule has 0 aliphatic heterocycles. The Morgan fingerprint density at radius 3 is 2.68 bits per heavy atom. The van der Waals surface area contributed by atoms with Gasteiger partial charge in [-0.25, -0.2) is 4.79 Å². The van der Waals surface area contributed by atoms with Crippen LogP contribution >= 0.6 is 0 Å². The van der Waals surface area contributed by atoms with E-state index in [1.165, 1.54) is 18.3 Å². The minimum absolute atomic E-state index is 0.0346. The van der Waals surface area contributed by atoms with Crippen molar-refractivity contribution in [3.05, 3.63) is 41.6 Å². The van der Waals surface area contributed by atoms with E-state index in [2.05, 4.69) is 10.6 Å². The minimum atomic E-state index is -1.04. The van der Waals surface area contributed by atoms with Crippen molar-refractivity contribution in [1.29, 1.82) is 5.26 Å². The van der Waals surface area contributed by atoms with Gasteiger partial charge in [0.15, 0.2) is 0 Å². The molecule has 1 fully saturated rings. The number of carboxylic acid groups (broad SMARTS) is 1. The molecule has 1 saturated carbocycles. The van der Waals surface area contributed by atoms with Gasteiger partial charge in [-0.1, -0.05) is 18.9 Å². The Hall–Kier alpha value is -2.81. The van der Waals surface area contributed by atoms with E-state index in [9.17, 15) is 9.59 Å². The summed E-state index contributed by atoms with van der Waals surface area (Å²) in [5.41, 5.74) is 0.598. The fourth-order valence-corrected chi connectivity index (χ4v) is 2.38. The van der Waals surface area contributed by atoms with Crippen LogP contribution in [0.3, 0.4) is 0 Å². The van der Waals surface area contributed by atoms with Crippen molar-refractivity contribution in [2.24, 2.45) is 0 Å². The topological polar surface area (TPSA) is 102 Å². The summed E-state index contributed by atoms with van der Waals surface area (Å²) in [6.07, 6.45) is 5.37. The molecule has 1 aliphatic rings. The predicted molar refractivity (Wildman–Crippen MR) is 81.1 cm³/mol. The second-order valence-corrected chi connectivity index (χ2v) is 5.15. The van der Waals surface area contributed by atoms with Gasteiger partial charge < -0.3 is 15.7 Å².